The molecule has 0 amide bonds. The highest BCUT2D eigenvalue weighted by molar-refractivity contribution is 8.00. The first kappa shape index (κ1) is 18.4. The third-order valence-corrected chi connectivity index (χ3v) is 6.22. The summed E-state index contributed by atoms with van der Waals surface area (Å²) < 4.78 is -0.373. The second-order valence-corrected chi connectivity index (χ2v) is 7.36. The molecule has 0 saturated carbocycles. The van der Waals surface area contributed by atoms with Gasteiger partial charge in [-0.05, 0) is 23.7 Å². The molecular formula is C23H23NOS. The summed E-state index contributed by atoms with van der Waals surface area (Å²) in [7, 11) is 1.83. The van der Waals surface area contributed by atoms with Gasteiger partial charge in [0.2, 0.25) is 0 Å². The van der Waals surface area contributed by atoms with Gasteiger partial charge in [0.25, 0.3) is 0 Å². The molecular weight excluding hydrogens is 338 g/mol. The van der Waals surface area contributed by atoms with Crippen LogP contribution < -0.4 is 5.32 Å². The molecule has 1 atom stereocenters. The van der Waals surface area contributed by atoms with E-state index in [2.05, 4.69) is 78.1 Å². The summed E-state index contributed by atoms with van der Waals surface area (Å²) in [6.07, 6.45) is 0.985. The molecule has 132 valence electrons. The lowest BCUT2D eigenvalue weighted by atomic mass is 9.84. The molecule has 0 saturated heterocycles. The normalized spacial score (nSPS) is 12.5. The number of likely N-dealkylation sites (N-methyl/N-ethyl adjacent to an activating group) is 1. The van der Waals surface area contributed by atoms with Gasteiger partial charge in [-0.25, -0.2) is 0 Å². The molecule has 3 aromatic rings. The Morgan fingerprint density at radius 3 is 1.50 bits per heavy atom. The Kier molecular flexibility index (Phi) is 6.26. The van der Waals surface area contributed by atoms with Crippen molar-refractivity contribution in [3.8, 4) is 0 Å². The van der Waals surface area contributed by atoms with E-state index in [9.17, 15) is 4.79 Å². The molecule has 0 fully saturated rings. The second-order valence-electron chi connectivity index (χ2n) is 6.12. The van der Waals surface area contributed by atoms with Crippen LogP contribution in [0, 0.1) is 0 Å². The highest BCUT2D eigenvalue weighted by atomic mass is 32.2. The molecule has 3 heteroatoms. The topological polar surface area (TPSA) is 29.1 Å². The smallest absolute Gasteiger partial charge is 0.137 e. The van der Waals surface area contributed by atoms with Crippen LogP contribution in [0.15, 0.2) is 91.0 Å². The van der Waals surface area contributed by atoms with Gasteiger partial charge in [0.1, 0.15) is 6.29 Å². The Bertz CT molecular complexity index is 709. The van der Waals surface area contributed by atoms with E-state index in [1.165, 1.54) is 16.7 Å². The zero-order valence-corrected chi connectivity index (χ0v) is 15.7. The number of hydrogen-bond donors (Lipinski definition) is 1. The fourth-order valence-corrected chi connectivity index (χ4v) is 4.76. The van der Waals surface area contributed by atoms with Crippen LogP contribution in [0.1, 0.15) is 16.7 Å². The third-order valence-electron chi connectivity index (χ3n) is 4.56. The maximum Gasteiger partial charge on any atom is 0.137 e. The van der Waals surface area contributed by atoms with E-state index in [4.69, 9.17) is 0 Å². The summed E-state index contributed by atoms with van der Waals surface area (Å²) in [5.41, 5.74) is 3.63. The van der Waals surface area contributed by atoms with Gasteiger partial charge in [-0.1, -0.05) is 91.0 Å². The Labute approximate surface area is 159 Å². The van der Waals surface area contributed by atoms with E-state index >= 15 is 0 Å². The number of benzene rings is 3. The Morgan fingerprint density at radius 1 is 0.808 bits per heavy atom. The summed E-state index contributed by atoms with van der Waals surface area (Å²) in [5, 5.41) is 3.09. The van der Waals surface area contributed by atoms with Crippen molar-refractivity contribution in [2.45, 2.75) is 10.8 Å². The van der Waals surface area contributed by atoms with Gasteiger partial charge in [0.05, 0.1) is 10.8 Å². The number of carbonyl (C=O) groups excluding carboxylic acids is 1. The minimum Gasteiger partial charge on any atom is -0.310 e. The number of hydrogen-bond acceptors (Lipinski definition) is 3. The van der Waals surface area contributed by atoms with E-state index < -0.39 is 0 Å². The maximum absolute atomic E-state index is 11.4. The molecule has 3 aromatic carbocycles. The molecule has 0 unspecified atom stereocenters. The molecule has 0 aromatic heterocycles. The Hall–Kier alpha value is -2.36. The Balaban J connectivity index is 2.19. The molecule has 3 rings (SSSR count). The van der Waals surface area contributed by atoms with E-state index in [0.717, 1.165) is 6.29 Å². The van der Waals surface area contributed by atoms with Crippen molar-refractivity contribution in [3.63, 3.8) is 0 Å². The summed E-state index contributed by atoms with van der Waals surface area (Å²) in [6.45, 7) is 0. The van der Waals surface area contributed by atoms with Crippen LogP contribution in [0.3, 0.4) is 0 Å². The number of thioether (sulfide) groups is 1. The van der Waals surface area contributed by atoms with Gasteiger partial charge < -0.3 is 10.1 Å². The standard InChI is InChI=1S/C23H23NOS/c1-24-22(17-25)18-26-23(19-11-5-2-6-12-19,20-13-7-3-8-14-20)21-15-9-4-10-16-21/h2-17,22,24H,18H2,1H3/t22-/m0/s1. The Morgan fingerprint density at radius 2 is 1.19 bits per heavy atom. The predicted molar refractivity (Wildman–Crippen MR) is 111 cm³/mol. The van der Waals surface area contributed by atoms with Gasteiger partial charge in [-0.2, -0.15) is 0 Å². The van der Waals surface area contributed by atoms with Crippen molar-refractivity contribution in [1.82, 2.24) is 5.32 Å². The zero-order valence-electron chi connectivity index (χ0n) is 14.8. The molecule has 2 nitrogen and oxygen atoms in total. The highest BCUT2D eigenvalue weighted by Gasteiger charge is 2.37. The first-order valence-corrected chi connectivity index (χ1v) is 9.73. The van der Waals surface area contributed by atoms with Gasteiger partial charge >= 0.3 is 0 Å². The summed E-state index contributed by atoms with van der Waals surface area (Å²) in [5.74, 6) is 0.679. The highest BCUT2D eigenvalue weighted by Crippen LogP contribution is 2.48. The average molecular weight is 362 g/mol. The molecule has 0 spiro atoms. The lowest BCUT2D eigenvalue weighted by Gasteiger charge is -2.36. The van der Waals surface area contributed by atoms with Crippen molar-refractivity contribution in [2.24, 2.45) is 0 Å². The van der Waals surface area contributed by atoms with Crippen molar-refractivity contribution in [1.29, 1.82) is 0 Å². The van der Waals surface area contributed by atoms with Gasteiger partial charge in [0.15, 0.2) is 0 Å². The van der Waals surface area contributed by atoms with Crippen LogP contribution >= 0.6 is 11.8 Å². The van der Waals surface area contributed by atoms with E-state index in [1.807, 2.05) is 25.2 Å². The van der Waals surface area contributed by atoms with Crippen molar-refractivity contribution in [3.05, 3.63) is 108 Å². The van der Waals surface area contributed by atoms with E-state index in [0.29, 0.717) is 5.75 Å². The maximum atomic E-state index is 11.4. The monoisotopic (exact) mass is 361 g/mol. The molecule has 0 heterocycles. The second kappa shape index (κ2) is 8.84. The fraction of sp³-hybridized carbons (Fsp3) is 0.174. The molecule has 26 heavy (non-hydrogen) atoms. The van der Waals surface area contributed by atoms with Gasteiger partial charge in [-0.3, -0.25) is 0 Å². The van der Waals surface area contributed by atoms with Gasteiger partial charge in [-0.15, -0.1) is 11.8 Å². The molecule has 0 radical (unpaired) electrons. The zero-order chi connectivity index (χ0) is 18.2. The fourth-order valence-electron chi connectivity index (χ4n) is 3.17. The first-order valence-electron chi connectivity index (χ1n) is 8.74. The van der Waals surface area contributed by atoms with Crippen LogP contribution in [0.5, 0.6) is 0 Å². The number of rotatable bonds is 8. The number of nitrogens with one attached hydrogen (secondary N) is 1. The number of carbonyl (C=O) groups is 1. The van der Waals surface area contributed by atoms with E-state index in [-0.39, 0.29) is 10.8 Å². The molecule has 0 aliphatic rings. The summed E-state index contributed by atoms with van der Waals surface area (Å²) >= 11 is 1.79. The molecule has 0 bridgehead atoms. The lowest BCUT2D eigenvalue weighted by molar-refractivity contribution is -0.109. The average Bonchev–Trinajstić information content (AvgIpc) is 2.74. The van der Waals surface area contributed by atoms with Crippen LogP contribution in [-0.4, -0.2) is 25.1 Å². The van der Waals surface area contributed by atoms with Crippen molar-refractivity contribution < 1.29 is 4.79 Å². The van der Waals surface area contributed by atoms with E-state index in [1.54, 1.807) is 11.8 Å². The van der Waals surface area contributed by atoms with Crippen molar-refractivity contribution in [2.75, 3.05) is 12.8 Å². The van der Waals surface area contributed by atoms with Crippen LogP contribution in [-0.2, 0) is 9.54 Å². The largest absolute Gasteiger partial charge is 0.310 e. The third kappa shape index (κ3) is 3.74. The summed E-state index contributed by atoms with van der Waals surface area (Å²) in [6, 6.07) is 31.4. The first-order chi connectivity index (χ1) is 12.8. The minimum atomic E-state index is -0.373. The van der Waals surface area contributed by atoms with Crippen LogP contribution in [0.25, 0.3) is 0 Å². The minimum absolute atomic E-state index is 0.185. The lowest BCUT2D eigenvalue weighted by Crippen LogP contribution is -2.33. The van der Waals surface area contributed by atoms with Crippen molar-refractivity contribution >= 4 is 18.0 Å². The molecule has 0 aliphatic carbocycles. The van der Waals surface area contributed by atoms with Crippen LogP contribution in [0.4, 0.5) is 0 Å². The van der Waals surface area contributed by atoms with Gasteiger partial charge in [0, 0.05) is 5.75 Å². The predicted octanol–water partition coefficient (Wildman–Crippen LogP) is 4.50. The number of aldehydes is 1. The SMILES string of the molecule is CN[C@@H](C=O)CSC(c1ccccc1)(c1ccccc1)c1ccccc1. The quantitative estimate of drug-likeness (QED) is 0.473. The summed E-state index contributed by atoms with van der Waals surface area (Å²) in [4.78, 5) is 11.4. The molecule has 1 N–H and O–H groups in total. The molecule has 0 aliphatic heterocycles. The van der Waals surface area contributed by atoms with Crippen LogP contribution in [0.2, 0.25) is 0 Å².